The first kappa shape index (κ1) is 21.7. The van der Waals surface area contributed by atoms with Crippen molar-refractivity contribution >= 4 is 23.4 Å². The van der Waals surface area contributed by atoms with E-state index in [4.69, 9.17) is 9.15 Å². The molecule has 2 aromatic carbocycles. The van der Waals surface area contributed by atoms with Crippen molar-refractivity contribution in [1.29, 1.82) is 0 Å². The highest BCUT2D eigenvalue weighted by molar-refractivity contribution is 7.99. The van der Waals surface area contributed by atoms with E-state index in [9.17, 15) is 18.0 Å². The molecule has 0 bridgehead atoms. The molecule has 30 heavy (non-hydrogen) atoms. The summed E-state index contributed by atoms with van der Waals surface area (Å²) < 4.78 is 50.0. The third-order valence-corrected chi connectivity index (χ3v) is 4.66. The molecule has 0 saturated carbocycles. The zero-order valence-electron chi connectivity index (χ0n) is 16.1. The standard InChI is InChI=1S/C20H18F3N3O3S/c1-12-7-13(2)9-14(8-12)28-10-18-25-26-19(29-18)30-11-17(27)24-16-6-4-3-5-15(16)20(21,22)23/h3-9H,10-11H2,1-2H3,(H,24,27). The Hall–Kier alpha value is -3.01. The van der Waals surface area contributed by atoms with Crippen molar-refractivity contribution in [2.24, 2.45) is 0 Å². The molecule has 1 aromatic heterocycles. The molecule has 1 amide bonds. The third kappa shape index (κ3) is 5.99. The van der Waals surface area contributed by atoms with Gasteiger partial charge in [-0.3, -0.25) is 4.79 Å². The number of rotatable bonds is 7. The molecule has 0 unspecified atom stereocenters. The van der Waals surface area contributed by atoms with Crippen LogP contribution in [0.3, 0.4) is 0 Å². The van der Waals surface area contributed by atoms with Crippen molar-refractivity contribution in [3.8, 4) is 5.75 Å². The number of thioether (sulfide) groups is 1. The van der Waals surface area contributed by atoms with Gasteiger partial charge < -0.3 is 14.5 Å². The number of aromatic nitrogens is 2. The highest BCUT2D eigenvalue weighted by atomic mass is 32.2. The molecular weight excluding hydrogens is 419 g/mol. The van der Waals surface area contributed by atoms with Crippen LogP contribution in [0.4, 0.5) is 18.9 Å². The number of carbonyl (C=O) groups excluding carboxylic acids is 1. The molecular formula is C20H18F3N3O3S. The number of carbonyl (C=O) groups is 1. The van der Waals surface area contributed by atoms with Crippen molar-refractivity contribution in [3.63, 3.8) is 0 Å². The molecule has 1 heterocycles. The fraction of sp³-hybridized carbons (Fsp3) is 0.250. The number of para-hydroxylation sites is 1. The van der Waals surface area contributed by atoms with Crippen molar-refractivity contribution < 1.29 is 27.1 Å². The number of alkyl halides is 3. The van der Waals surface area contributed by atoms with Gasteiger partial charge in [-0.15, -0.1) is 10.2 Å². The minimum Gasteiger partial charge on any atom is -0.484 e. The Morgan fingerprint density at radius 1 is 1.13 bits per heavy atom. The van der Waals surface area contributed by atoms with Gasteiger partial charge in [-0.25, -0.2) is 0 Å². The number of ether oxygens (including phenoxy) is 1. The number of anilines is 1. The molecule has 10 heteroatoms. The first-order valence-electron chi connectivity index (χ1n) is 8.83. The number of hydrogen-bond acceptors (Lipinski definition) is 6. The maximum Gasteiger partial charge on any atom is 0.418 e. The first-order valence-corrected chi connectivity index (χ1v) is 9.81. The fourth-order valence-electron chi connectivity index (χ4n) is 2.67. The van der Waals surface area contributed by atoms with Crippen LogP contribution in [0.25, 0.3) is 0 Å². The van der Waals surface area contributed by atoms with E-state index >= 15 is 0 Å². The fourth-order valence-corrected chi connectivity index (χ4v) is 3.25. The van der Waals surface area contributed by atoms with Gasteiger partial charge >= 0.3 is 6.18 Å². The van der Waals surface area contributed by atoms with Gasteiger partial charge in [0.15, 0.2) is 6.61 Å². The predicted molar refractivity (Wildman–Crippen MR) is 105 cm³/mol. The predicted octanol–water partition coefficient (Wildman–Crippen LogP) is 5.02. The lowest BCUT2D eigenvalue weighted by molar-refractivity contribution is -0.137. The summed E-state index contributed by atoms with van der Waals surface area (Å²) in [5.41, 5.74) is 0.908. The number of nitrogens with zero attached hydrogens (tertiary/aromatic N) is 2. The Bertz CT molecular complexity index is 1020. The Kier molecular flexibility index (Phi) is 6.66. The molecule has 0 aliphatic heterocycles. The quantitative estimate of drug-likeness (QED) is 0.524. The molecule has 0 saturated heterocycles. The number of benzene rings is 2. The lowest BCUT2D eigenvalue weighted by Gasteiger charge is -2.13. The molecule has 0 fully saturated rings. The molecule has 158 valence electrons. The monoisotopic (exact) mass is 437 g/mol. The second-order valence-corrected chi connectivity index (χ2v) is 7.38. The van der Waals surface area contributed by atoms with Gasteiger partial charge in [0, 0.05) is 0 Å². The largest absolute Gasteiger partial charge is 0.484 e. The van der Waals surface area contributed by atoms with Crippen molar-refractivity contribution in [1.82, 2.24) is 10.2 Å². The summed E-state index contributed by atoms with van der Waals surface area (Å²) in [4.78, 5) is 12.0. The van der Waals surface area contributed by atoms with Crippen molar-refractivity contribution in [3.05, 3.63) is 65.0 Å². The molecule has 0 aliphatic carbocycles. The van der Waals surface area contributed by atoms with Crippen LogP contribution in [-0.2, 0) is 17.6 Å². The van der Waals surface area contributed by atoms with Gasteiger partial charge in [-0.1, -0.05) is 30.0 Å². The third-order valence-electron chi connectivity index (χ3n) is 3.84. The average molecular weight is 437 g/mol. The van der Waals surface area contributed by atoms with E-state index in [-0.39, 0.29) is 29.2 Å². The SMILES string of the molecule is Cc1cc(C)cc(OCc2nnc(SCC(=O)Nc3ccccc3C(F)(F)F)o2)c1. The zero-order chi connectivity index (χ0) is 21.7. The van der Waals surface area contributed by atoms with Crippen LogP contribution in [0.2, 0.25) is 0 Å². The lowest BCUT2D eigenvalue weighted by atomic mass is 10.1. The molecule has 0 atom stereocenters. The summed E-state index contributed by atoms with van der Waals surface area (Å²) in [5, 5.41) is 10.0. The van der Waals surface area contributed by atoms with Crippen LogP contribution in [0.15, 0.2) is 52.1 Å². The molecule has 3 aromatic rings. The van der Waals surface area contributed by atoms with Gasteiger partial charge in [0.1, 0.15) is 5.75 Å². The topological polar surface area (TPSA) is 77.2 Å². The summed E-state index contributed by atoms with van der Waals surface area (Å²) in [5.74, 6) is 0.0798. The first-order chi connectivity index (χ1) is 14.2. The van der Waals surface area contributed by atoms with Gasteiger partial charge in [-0.05, 0) is 49.2 Å². The summed E-state index contributed by atoms with van der Waals surface area (Å²) in [6.07, 6.45) is -4.56. The van der Waals surface area contributed by atoms with Crippen LogP contribution < -0.4 is 10.1 Å². The van der Waals surface area contributed by atoms with E-state index < -0.39 is 17.6 Å². The van der Waals surface area contributed by atoms with E-state index in [0.29, 0.717) is 5.75 Å². The minimum absolute atomic E-state index is 0.0572. The molecule has 0 spiro atoms. The maximum atomic E-state index is 13.0. The van der Waals surface area contributed by atoms with E-state index in [1.54, 1.807) is 0 Å². The summed E-state index contributed by atoms with van der Waals surface area (Å²) in [6, 6.07) is 10.5. The molecule has 0 radical (unpaired) electrons. The summed E-state index contributed by atoms with van der Waals surface area (Å²) in [7, 11) is 0. The Labute approximate surface area is 174 Å². The summed E-state index contributed by atoms with van der Waals surface area (Å²) >= 11 is 0.919. The van der Waals surface area contributed by atoms with E-state index in [0.717, 1.165) is 29.0 Å². The molecule has 3 rings (SSSR count). The minimum atomic E-state index is -4.56. The number of aryl methyl sites for hydroxylation is 2. The number of halogens is 3. The Morgan fingerprint density at radius 3 is 2.53 bits per heavy atom. The number of amides is 1. The average Bonchev–Trinajstić information content (AvgIpc) is 3.11. The number of hydrogen-bond donors (Lipinski definition) is 1. The lowest BCUT2D eigenvalue weighted by Crippen LogP contribution is -2.18. The van der Waals surface area contributed by atoms with Crippen LogP contribution in [0.5, 0.6) is 5.75 Å². The van der Waals surface area contributed by atoms with E-state index in [1.807, 2.05) is 32.0 Å². The van der Waals surface area contributed by atoms with Crippen LogP contribution >= 0.6 is 11.8 Å². The molecule has 0 aliphatic rings. The van der Waals surface area contributed by atoms with Gasteiger partial charge in [0.25, 0.3) is 11.1 Å². The van der Waals surface area contributed by atoms with Gasteiger partial charge in [0.05, 0.1) is 17.0 Å². The second kappa shape index (κ2) is 9.21. The van der Waals surface area contributed by atoms with Crippen LogP contribution in [-0.4, -0.2) is 21.9 Å². The zero-order valence-corrected chi connectivity index (χ0v) is 16.9. The van der Waals surface area contributed by atoms with Gasteiger partial charge in [0.2, 0.25) is 5.91 Å². The van der Waals surface area contributed by atoms with Crippen molar-refractivity contribution in [2.75, 3.05) is 11.1 Å². The number of nitrogens with one attached hydrogen (secondary N) is 1. The second-order valence-electron chi connectivity index (χ2n) is 6.45. The highest BCUT2D eigenvalue weighted by Crippen LogP contribution is 2.34. The summed E-state index contributed by atoms with van der Waals surface area (Å²) in [6.45, 7) is 3.97. The van der Waals surface area contributed by atoms with Crippen LogP contribution in [0.1, 0.15) is 22.6 Å². The van der Waals surface area contributed by atoms with Crippen LogP contribution in [0, 0.1) is 13.8 Å². The molecule has 1 N–H and O–H groups in total. The maximum absolute atomic E-state index is 13.0. The van der Waals surface area contributed by atoms with E-state index in [2.05, 4.69) is 15.5 Å². The molecule has 6 nitrogen and oxygen atoms in total. The van der Waals surface area contributed by atoms with E-state index in [1.165, 1.54) is 18.2 Å². The smallest absolute Gasteiger partial charge is 0.418 e. The Morgan fingerprint density at radius 2 is 1.83 bits per heavy atom. The van der Waals surface area contributed by atoms with Gasteiger partial charge in [-0.2, -0.15) is 13.2 Å². The van der Waals surface area contributed by atoms with Crippen molar-refractivity contribution in [2.45, 2.75) is 31.9 Å². The normalized spacial score (nSPS) is 11.4. The Balaban J connectivity index is 1.52. The highest BCUT2D eigenvalue weighted by Gasteiger charge is 2.33.